The van der Waals surface area contributed by atoms with Crippen LogP contribution in [0.3, 0.4) is 0 Å². The number of nitrogens with one attached hydrogen (secondary N) is 1. The van der Waals surface area contributed by atoms with Crippen molar-refractivity contribution in [2.75, 3.05) is 5.75 Å². The average Bonchev–Trinajstić information content (AvgIpc) is 2.83. The van der Waals surface area contributed by atoms with Gasteiger partial charge in [-0.25, -0.2) is 18.1 Å². The molecule has 2 rings (SSSR count). The topological polar surface area (TPSA) is 59.1 Å². The molecule has 0 saturated heterocycles. The van der Waals surface area contributed by atoms with Gasteiger partial charge >= 0.3 is 0 Å². The van der Waals surface area contributed by atoms with E-state index in [2.05, 4.69) is 9.71 Å². The highest BCUT2D eigenvalue weighted by Gasteiger charge is 2.17. The standard InChI is InChI=1S/C14H18N2O2S2/c1-11(13-6-4-3-5-7-13)9-20(17,18)16-8-14-12(2)15-10-19-14/h3-7,10-11,16H,8-9H2,1-2H3/t11-/m0/s1. The van der Waals surface area contributed by atoms with Crippen molar-refractivity contribution in [1.29, 1.82) is 0 Å². The molecule has 4 nitrogen and oxygen atoms in total. The summed E-state index contributed by atoms with van der Waals surface area (Å²) < 4.78 is 26.8. The first-order valence-electron chi connectivity index (χ1n) is 6.39. The number of hydrogen-bond acceptors (Lipinski definition) is 4. The third-order valence-corrected chi connectivity index (χ3v) is 5.59. The van der Waals surface area contributed by atoms with E-state index in [1.54, 1.807) is 5.51 Å². The lowest BCUT2D eigenvalue weighted by Gasteiger charge is -2.13. The minimum atomic E-state index is -3.29. The molecule has 0 spiro atoms. The van der Waals surface area contributed by atoms with Crippen LogP contribution in [0.5, 0.6) is 0 Å². The first-order valence-corrected chi connectivity index (χ1v) is 8.92. The summed E-state index contributed by atoms with van der Waals surface area (Å²) in [6, 6.07) is 9.68. The summed E-state index contributed by atoms with van der Waals surface area (Å²) in [5.74, 6) is 0.0609. The monoisotopic (exact) mass is 310 g/mol. The number of rotatable bonds is 6. The van der Waals surface area contributed by atoms with E-state index in [0.717, 1.165) is 16.1 Å². The van der Waals surface area contributed by atoms with Crippen molar-refractivity contribution in [1.82, 2.24) is 9.71 Å². The number of aromatic nitrogens is 1. The fourth-order valence-corrected chi connectivity index (χ4v) is 4.08. The summed E-state index contributed by atoms with van der Waals surface area (Å²) in [7, 11) is -3.29. The van der Waals surface area contributed by atoms with Gasteiger partial charge in [0, 0.05) is 11.4 Å². The summed E-state index contributed by atoms with van der Waals surface area (Å²) in [6.07, 6.45) is 0. The van der Waals surface area contributed by atoms with Crippen molar-refractivity contribution in [3.63, 3.8) is 0 Å². The Labute approximate surface area is 123 Å². The largest absolute Gasteiger partial charge is 0.250 e. The minimum absolute atomic E-state index is 0.0312. The van der Waals surface area contributed by atoms with E-state index in [-0.39, 0.29) is 11.7 Å². The third kappa shape index (κ3) is 4.13. The molecule has 108 valence electrons. The third-order valence-electron chi connectivity index (χ3n) is 3.14. The molecule has 0 aliphatic carbocycles. The Balaban J connectivity index is 1.96. The molecule has 1 heterocycles. The number of nitrogens with zero attached hydrogens (tertiary/aromatic N) is 1. The van der Waals surface area contributed by atoms with Gasteiger partial charge in [0.25, 0.3) is 0 Å². The van der Waals surface area contributed by atoms with Crippen LogP contribution in [0, 0.1) is 6.92 Å². The van der Waals surface area contributed by atoms with Crippen molar-refractivity contribution >= 4 is 21.4 Å². The zero-order valence-corrected chi connectivity index (χ0v) is 13.2. The van der Waals surface area contributed by atoms with E-state index in [9.17, 15) is 8.42 Å². The molecular weight excluding hydrogens is 292 g/mol. The van der Waals surface area contributed by atoms with Crippen LogP contribution in [0.1, 0.15) is 29.0 Å². The zero-order valence-electron chi connectivity index (χ0n) is 11.5. The average molecular weight is 310 g/mol. The SMILES string of the molecule is Cc1ncsc1CNS(=O)(=O)C[C@H](C)c1ccccc1. The van der Waals surface area contributed by atoms with Gasteiger partial charge in [-0.15, -0.1) is 11.3 Å². The molecule has 0 aliphatic rings. The Hall–Kier alpha value is -1.24. The molecule has 0 fully saturated rings. The summed E-state index contributed by atoms with van der Waals surface area (Å²) in [6.45, 7) is 4.12. The maximum absolute atomic E-state index is 12.1. The quantitative estimate of drug-likeness (QED) is 0.892. The van der Waals surface area contributed by atoms with Crippen molar-refractivity contribution in [3.05, 3.63) is 52.0 Å². The maximum Gasteiger partial charge on any atom is 0.212 e. The van der Waals surface area contributed by atoms with Crippen molar-refractivity contribution in [2.45, 2.75) is 26.3 Å². The van der Waals surface area contributed by atoms with Gasteiger partial charge in [0.2, 0.25) is 10.0 Å². The lowest BCUT2D eigenvalue weighted by atomic mass is 10.0. The van der Waals surface area contributed by atoms with Gasteiger partial charge < -0.3 is 0 Å². The van der Waals surface area contributed by atoms with E-state index in [1.807, 2.05) is 44.2 Å². The van der Waals surface area contributed by atoms with Crippen molar-refractivity contribution < 1.29 is 8.42 Å². The maximum atomic E-state index is 12.1. The van der Waals surface area contributed by atoms with E-state index < -0.39 is 10.0 Å². The Morgan fingerprint density at radius 2 is 2.00 bits per heavy atom. The van der Waals surface area contributed by atoms with Crippen LogP contribution >= 0.6 is 11.3 Å². The normalized spacial score (nSPS) is 13.3. The lowest BCUT2D eigenvalue weighted by molar-refractivity contribution is 0.576. The van der Waals surface area contributed by atoms with E-state index >= 15 is 0 Å². The molecule has 0 bridgehead atoms. The molecule has 1 aromatic carbocycles. The molecule has 0 saturated carbocycles. The molecule has 2 aromatic rings. The van der Waals surface area contributed by atoms with Gasteiger partial charge in [0.05, 0.1) is 17.0 Å². The van der Waals surface area contributed by atoms with Gasteiger partial charge in [-0.2, -0.15) is 0 Å². The Kier molecular flexibility index (Phi) is 4.91. The highest BCUT2D eigenvalue weighted by Crippen LogP contribution is 2.17. The van der Waals surface area contributed by atoms with Gasteiger partial charge in [-0.1, -0.05) is 37.3 Å². The van der Waals surface area contributed by atoms with Crippen LogP contribution in [0.2, 0.25) is 0 Å². The first-order chi connectivity index (χ1) is 9.48. The fraction of sp³-hybridized carbons (Fsp3) is 0.357. The first kappa shape index (κ1) is 15.2. The number of aryl methyl sites for hydroxylation is 1. The van der Waals surface area contributed by atoms with Gasteiger partial charge in [0.1, 0.15) is 0 Å². The molecule has 0 aliphatic heterocycles. The molecule has 0 radical (unpaired) electrons. The lowest BCUT2D eigenvalue weighted by Crippen LogP contribution is -2.28. The van der Waals surface area contributed by atoms with Gasteiger partial charge in [-0.3, -0.25) is 0 Å². The van der Waals surface area contributed by atoms with Crippen LogP contribution in [-0.2, 0) is 16.6 Å². The zero-order chi connectivity index (χ0) is 14.6. The number of thiazole rings is 1. The predicted octanol–water partition coefficient (Wildman–Crippen LogP) is 2.67. The highest BCUT2D eigenvalue weighted by atomic mass is 32.2. The molecule has 1 aromatic heterocycles. The second-order valence-corrected chi connectivity index (χ2v) is 7.57. The number of benzene rings is 1. The minimum Gasteiger partial charge on any atom is -0.250 e. The summed E-state index contributed by atoms with van der Waals surface area (Å²) in [5, 5.41) is 0. The van der Waals surface area contributed by atoms with E-state index in [1.165, 1.54) is 11.3 Å². The number of hydrogen-bond donors (Lipinski definition) is 1. The van der Waals surface area contributed by atoms with E-state index in [4.69, 9.17) is 0 Å². The van der Waals surface area contributed by atoms with Gasteiger partial charge in [-0.05, 0) is 18.4 Å². The van der Waals surface area contributed by atoms with Crippen LogP contribution in [0.25, 0.3) is 0 Å². The Morgan fingerprint density at radius 1 is 1.30 bits per heavy atom. The summed E-state index contributed by atoms with van der Waals surface area (Å²) in [5.41, 5.74) is 3.65. The molecule has 0 unspecified atom stereocenters. The summed E-state index contributed by atoms with van der Waals surface area (Å²) in [4.78, 5) is 5.07. The second kappa shape index (κ2) is 6.47. The Bertz CT molecular complexity index is 651. The van der Waals surface area contributed by atoms with Crippen LogP contribution < -0.4 is 4.72 Å². The smallest absolute Gasteiger partial charge is 0.212 e. The second-order valence-electron chi connectivity index (χ2n) is 4.78. The van der Waals surface area contributed by atoms with Crippen LogP contribution in [0.15, 0.2) is 35.8 Å². The van der Waals surface area contributed by atoms with Crippen LogP contribution in [0.4, 0.5) is 0 Å². The molecule has 20 heavy (non-hydrogen) atoms. The summed E-state index contributed by atoms with van der Waals surface area (Å²) >= 11 is 1.47. The van der Waals surface area contributed by atoms with Gasteiger partial charge in [0.15, 0.2) is 0 Å². The predicted molar refractivity (Wildman–Crippen MR) is 82.3 cm³/mol. The molecule has 6 heteroatoms. The molecule has 0 amide bonds. The number of sulfonamides is 1. The van der Waals surface area contributed by atoms with Crippen LogP contribution in [-0.4, -0.2) is 19.2 Å². The van der Waals surface area contributed by atoms with E-state index in [0.29, 0.717) is 6.54 Å². The highest BCUT2D eigenvalue weighted by molar-refractivity contribution is 7.89. The molecule has 1 atom stereocenters. The van der Waals surface area contributed by atoms with Crippen molar-refractivity contribution in [2.24, 2.45) is 0 Å². The van der Waals surface area contributed by atoms with Crippen molar-refractivity contribution in [3.8, 4) is 0 Å². The molecule has 1 N–H and O–H groups in total. The molecular formula is C14H18N2O2S2. The fourth-order valence-electron chi connectivity index (χ4n) is 1.94. The Morgan fingerprint density at radius 3 is 2.60 bits per heavy atom.